The van der Waals surface area contributed by atoms with Crippen LogP contribution in [0.15, 0.2) is 188 Å². The van der Waals surface area contributed by atoms with Crippen molar-refractivity contribution in [1.29, 1.82) is 0 Å². The van der Waals surface area contributed by atoms with Gasteiger partial charge >= 0.3 is 0 Å². The van der Waals surface area contributed by atoms with E-state index in [1.54, 1.807) is 0 Å². The van der Waals surface area contributed by atoms with Crippen LogP contribution in [0.25, 0.3) is 78.1 Å². The van der Waals surface area contributed by atoms with E-state index < -0.39 is 0 Å². The van der Waals surface area contributed by atoms with Gasteiger partial charge < -0.3 is 4.74 Å². The molecule has 0 spiro atoms. The maximum Gasteiger partial charge on any atom is 0.0727 e. The minimum absolute atomic E-state index is 0.572. The van der Waals surface area contributed by atoms with Crippen LogP contribution < -0.4 is 0 Å². The van der Waals surface area contributed by atoms with Crippen molar-refractivity contribution >= 4 is 0 Å². The number of benzene rings is 7. The first-order valence-corrected chi connectivity index (χ1v) is 17.5. The topological polar surface area (TPSA) is 22.1 Å². The van der Waals surface area contributed by atoms with Crippen molar-refractivity contribution in [3.05, 3.63) is 199 Å². The van der Waals surface area contributed by atoms with E-state index in [0.717, 1.165) is 33.6 Å². The lowest BCUT2D eigenvalue weighted by Gasteiger charge is -2.16. The van der Waals surface area contributed by atoms with E-state index in [4.69, 9.17) is 9.72 Å². The van der Waals surface area contributed by atoms with Gasteiger partial charge in [-0.2, -0.15) is 0 Å². The fraction of sp³-hybridized carbons (Fsp3) is 0.0408. The standard InChI is InChI=1S/C49H35NO/c1-5-13-34(14-6-1)42-25-43(35-15-7-2-8-16-35)27-44(26-42)38-21-23-40-32-51-33-41-24-22-39(29-47(41)46(40)28-38)45-30-48(36-17-9-3-10-18-36)50-49(31-45)37-19-11-4-12-20-37/h1-31H,32-33H2. The molecule has 2 heterocycles. The SMILES string of the molecule is c1ccc(-c2cc(-c3ccccc3)cc(-c3ccc4c(c3)-c3cc(-c5cc(-c6ccccc6)nc(-c6ccccc6)c5)ccc3COC4)c2)cc1. The Morgan fingerprint density at radius 1 is 0.294 bits per heavy atom. The van der Waals surface area contributed by atoms with Gasteiger partial charge in [-0.3, -0.25) is 0 Å². The molecule has 8 aromatic rings. The number of ether oxygens (including phenoxy) is 1. The second kappa shape index (κ2) is 13.5. The van der Waals surface area contributed by atoms with Crippen LogP contribution in [-0.2, 0) is 18.0 Å². The van der Waals surface area contributed by atoms with Crippen LogP contribution in [0.5, 0.6) is 0 Å². The number of nitrogens with zero attached hydrogens (tertiary/aromatic N) is 1. The maximum atomic E-state index is 6.24. The van der Waals surface area contributed by atoms with E-state index in [2.05, 4.69) is 176 Å². The van der Waals surface area contributed by atoms with E-state index >= 15 is 0 Å². The van der Waals surface area contributed by atoms with Crippen LogP contribution in [0, 0.1) is 0 Å². The van der Waals surface area contributed by atoms with Gasteiger partial charge in [0.25, 0.3) is 0 Å². The summed E-state index contributed by atoms with van der Waals surface area (Å²) in [6.45, 7) is 1.15. The predicted molar refractivity (Wildman–Crippen MR) is 211 cm³/mol. The maximum absolute atomic E-state index is 6.24. The van der Waals surface area contributed by atoms with Gasteiger partial charge in [0, 0.05) is 11.1 Å². The molecule has 0 unspecified atom stereocenters. The molecule has 0 aliphatic carbocycles. The Labute approximate surface area is 299 Å². The number of fused-ring (bicyclic) bond motifs is 3. The summed E-state index contributed by atoms with van der Waals surface area (Å²) >= 11 is 0. The van der Waals surface area contributed by atoms with Crippen molar-refractivity contribution in [2.45, 2.75) is 13.2 Å². The molecule has 7 aromatic carbocycles. The molecule has 0 N–H and O–H groups in total. The number of hydrogen-bond donors (Lipinski definition) is 0. The molecular formula is C49H35NO. The van der Waals surface area contributed by atoms with Crippen LogP contribution in [-0.4, -0.2) is 4.98 Å². The lowest BCUT2D eigenvalue weighted by Crippen LogP contribution is -1.94. The van der Waals surface area contributed by atoms with Gasteiger partial charge in [0.2, 0.25) is 0 Å². The third-order valence-corrected chi connectivity index (χ3v) is 9.80. The van der Waals surface area contributed by atoms with Gasteiger partial charge in [0.1, 0.15) is 0 Å². The van der Waals surface area contributed by atoms with Gasteiger partial charge in [-0.05, 0) is 109 Å². The molecular weight excluding hydrogens is 619 g/mol. The molecule has 0 bridgehead atoms. The molecule has 0 saturated heterocycles. The third-order valence-electron chi connectivity index (χ3n) is 9.80. The molecule has 0 radical (unpaired) electrons. The van der Waals surface area contributed by atoms with Gasteiger partial charge in [-0.1, -0.05) is 146 Å². The Morgan fingerprint density at radius 2 is 0.647 bits per heavy atom. The third kappa shape index (κ3) is 6.30. The van der Waals surface area contributed by atoms with Gasteiger partial charge in [-0.25, -0.2) is 4.98 Å². The fourth-order valence-electron chi connectivity index (χ4n) is 7.14. The second-order valence-electron chi connectivity index (χ2n) is 13.1. The van der Waals surface area contributed by atoms with Crippen molar-refractivity contribution in [3.8, 4) is 78.1 Å². The van der Waals surface area contributed by atoms with E-state index in [0.29, 0.717) is 13.2 Å². The average molecular weight is 654 g/mol. The summed E-state index contributed by atoms with van der Waals surface area (Å²) in [6.07, 6.45) is 0. The van der Waals surface area contributed by atoms with E-state index in [-0.39, 0.29) is 0 Å². The molecule has 51 heavy (non-hydrogen) atoms. The Bertz CT molecular complexity index is 2180. The van der Waals surface area contributed by atoms with Crippen LogP contribution >= 0.6 is 0 Å². The molecule has 1 aromatic heterocycles. The normalized spacial score (nSPS) is 12.1. The molecule has 2 heteroatoms. The Hall–Kier alpha value is -6.35. The molecule has 0 saturated carbocycles. The first kappa shape index (κ1) is 30.7. The molecule has 0 amide bonds. The summed E-state index contributed by atoms with van der Waals surface area (Å²) in [5.41, 5.74) is 18.4. The predicted octanol–water partition coefficient (Wildman–Crippen LogP) is 12.8. The van der Waals surface area contributed by atoms with Gasteiger partial charge in [0.05, 0.1) is 24.6 Å². The fourth-order valence-corrected chi connectivity index (χ4v) is 7.14. The smallest absolute Gasteiger partial charge is 0.0727 e. The zero-order chi connectivity index (χ0) is 34.0. The Kier molecular flexibility index (Phi) is 8.13. The highest BCUT2D eigenvalue weighted by Gasteiger charge is 2.19. The van der Waals surface area contributed by atoms with Crippen LogP contribution in [0.3, 0.4) is 0 Å². The molecule has 2 nitrogen and oxygen atoms in total. The number of hydrogen-bond acceptors (Lipinski definition) is 2. The zero-order valence-electron chi connectivity index (χ0n) is 28.2. The average Bonchev–Trinajstić information content (AvgIpc) is 3.40. The molecule has 1 aliphatic heterocycles. The summed E-state index contributed by atoms with van der Waals surface area (Å²) in [5.74, 6) is 0. The van der Waals surface area contributed by atoms with Gasteiger partial charge in [-0.15, -0.1) is 0 Å². The molecule has 0 fully saturated rings. The van der Waals surface area contributed by atoms with E-state index in [9.17, 15) is 0 Å². The Morgan fingerprint density at radius 3 is 1.06 bits per heavy atom. The highest BCUT2D eigenvalue weighted by molar-refractivity contribution is 5.86. The van der Waals surface area contributed by atoms with E-state index in [1.165, 1.54) is 55.6 Å². The van der Waals surface area contributed by atoms with Crippen LogP contribution in [0.1, 0.15) is 11.1 Å². The summed E-state index contributed by atoms with van der Waals surface area (Å²) in [6, 6.07) is 67.3. The first-order chi connectivity index (χ1) is 25.2. The van der Waals surface area contributed by atoms with Crippen molar-refractivity contribution in [3.63, 3.8) is 0 Å². The van der Waals surface area contributed by atoms with Crippen molar-refractivity contribution in [1.82, 2.24) is 4.98 Å². The molecule has 1 aliphatic rings. The Balaban J connectivity index is 1.18. The lowest BCUT2D eigenvalue weighted by molar-refractivity contribution is 0.110. The molecule has 242 valence electrons. The summed E-state index contributed by atoms with van der Waals surface area (Å²) < 4.78 is 6.24. The second-order valence-corrected chi connectivity index (χ2v) is 13.1. The lowest BCUT2D eigenvalue weighted by atomic mass is 9.88. The number of rotatable bonds is 6. The summed E-state index contributed by atoms with van der Waals surface area (Å²) in [5, 5.41) is 0. The van der Waals surface area contributed by atoms with Crippen LogP contribution in [0.2, 0.25) is 0 Å². The van der Waals surface area contributed by atoms with E-state index in [1.807, 2.05) is 12.1 Å². The largest absolute Gasteiger partial charge is 0.372 e. The minimum atomic E-state index is 0.572. The zero-order valence-corrected chi connectivity index (χ0v) is 28.2. The first-order valence-electron chi connectivity index (χ1n) is 17.5. The van der Waals surface area contributed by atoms with Crippen LogP contribution in [0.4, 0.5) is 0 Å². The molecule has 9 rings (SSSR count). The highest BCUT2D eigenvalue weighted by Crippen LogP contribution is 2.40. The number of pyridine rings is 1. The minimum Gasteiger partial charge on any atom is -0.372 e. The quantitative estimate of drug-likeness (QED) is 0.178. The summed E-state index contributed by atoms with van der Waals surface area (Å²) in [4.78, 5) is 5.12. The van der Waals surface area contributed by atoms with Gasteiger partial charge in [0.15, 0.2) is 0 Å². The highest BCUT2D eigenvalue weighted by atomic mass is 16.5. The monoisotopic (exact) mass is 653 g/mol. The molecule has 0 atom stereocenters. The van der Waals surface area contributed by atoms with Crippen molar-refractivity contribution in [2.24, 2.45) is 0 Å². The summed E-state index contributed by atoms with van der Waals surface area (Å²) in [7, 11) is 0. The van der Waals surface area contributed by atoms with Crippen molar-refractivity contribution in [2.75, 3.05) is 0 Å². The number of aromatic nitrogens is 1. The van der Waals surface area contributed by atoms with Crippen molar-refractivity contribution < 1.29 is 4.74 Å².